The van der Waals surface area contributed by atoms with Crippen LogP contribution in [0, 0.1) is 11.3 Å². The Balaban J connectivity index is 1.91. The van der Waals surface area contributed by atoms with Crippen molar-refractivity contribution in [1.29, 1.82) is 5.26 Å². The molecule has 2 rings (SSSR count). The highest BCUT2D eigenvalue weighted by Gasteiger charge is 1.95. The molecule has 2 aromatic rings. The summed E-state index contributed by atoms with van der Waals surface area (Å²) in [5, 5.41) is 11.9. The van der Waals surface area contributed by atoms with Gasteiger partial charge >= 0.3 is 0 Å². The second-order valence-electron chi connectivity index (χ2n) is 3.85. The summed E-state index contributed by atoms with van der Waals surface area (Å²) in [6.45, 7) is 1.27. The van der Waals surface area contributed by atoms with Gasteiger partial charge in [0, 0.05) is 31.0 Å². The van der Waals surface area contributed by atoms with Gasteiger partial charge in [-0.1, -0.05) is 6.07 Å². The molecule has 4 heteroatoms. The normalized spacial score (nSPS) is 9.72. The van der Waals surface area contributed by atoms with Crippen molar-refractivity contribution in [2.45, 2.75) is 6.54 Å². The Labute approximate surface area is 105 Å². The molecule has 18 heavy (non-hydrogen) atoms. The van der Waals surface area contributed by atoms with Crippen LogP contribution in [0.5, 0.6) is 0 Å². The Morgan fingerprint density at radius 2 is 1.94 bits per heavy atom. The van der Waals surface area contributed by atoms with E-state index in [1.54, 1.807) is 35.0 Å². The zero-order valence-corrected chi connectivity index (χ0v) is 9.84. The molecular weight excluding hydrogens is 226 g/mol. The molecule has 0 radical (unpaired) electrons. The van der Waals surface area contributed by atoms with E-state index in [1.807, 2.05) is 18.2 Å². The van der Waals surface area contributed by atoms with E-state index in [0.717, 1.165) is 5.69 Å². The standard InChI is InChI=1S/C14H13N3O/c15-11-12-4-6-13(7-5-12)16-8-10-17-9-2-1-3-14(17)18/h1-7,9,16H,8,10H2. The summed E-state index contributed by atoms with van der Waals surface area (Å²) < 4.78 is 1.65. The molecule has 0 amide bonds. The van der Waals surface area contributed by atoms with Gasteiger partial charge in [-0.05, 0) is 30.3 Å². The summed E-state index contributed by atoms with van der Waals surface area (Å²) in [7, 11) is 0. The smallest absolute Gasteiger partial charge is 0.250 e. The monoisotopic (exact) mass is 239 g/mol. The van der Waals surface area contributed by atoms with Crippen LogP contribution in [0.15, 0.2) is 53.5 Å². The largest absolute Gasteiger partial charge is 0.383 e. The fourth-order valence-corrected chi connectivity index (χ4v) is 1.63. The van der Waals surface area contributed by atoms with Crippen LogP contribution in [0.25, 0.3) is 0 Å². The number of hydrogen-bond donors (Lipinski definition) is 1. The van der Waals surface area contributed by atoms with Gasteiger partial charge in [0.2, 0.25) is 0 Å². The summed E-state index contributed by atoms with van der Waals surface area (Å²) in [5.74, 6) is 0. The highest BCUT2D eigenvalue weighted by atomic mass is 16.1. The Hall–Kier alpha value is -2.54. The maximum Gasteiger partial charge on any atom is 0.250 e. The lowest BCUT2D eigenvalue weighted by atomic mass is 10.2. The molecule has 4 nitrogen and oxygen atoms in total. The fraction of sp³-hybridized carbons (Fsp3) is 0.143. The van der Waals surface area contributed by atoms with Crippen molar-refractivity contribution in [3.8, 4) is 6.07 Å². The molecule has 90 valence electrons. The third-order valence-electron chi connectivity index (χ3n) is 2.59. The van der Waals surface area contributed by atoms with Gasteiger partial charge in [-0.15, -0.1) is 0 Å². The predicted octanol–water partition coefficient (Wildman–Crippen LogP) is 1.83. The number of nitrogens with zero attached hydrogens (tertiary/aromatic N) is 2. The van der Waals surface area contributed by atoms with Crippen LogP contribution in [0.1, 0.15) is 5.56 Å². The van der Waals surface area contributed by atoms with Crippen LogP contribution < -0.4 is 10.9 Å². The van der Waals surface area contributed by atoms with Crippen molar-refractivity contribution in [2.24, 2.45) is 0 Å². The van der Waals surface area contributed by atoms with Gasteiger partial charge in [0.15, 0.2) is 0 Å². The molecule has 0 unspecified atom stereocenters. The first kappa shape index (κ1) is 11.9. The van der Waals surface area contributed by atoms with Gasteiger partial charge in [0.25, 0.3) is 5.56 Å². The Morgan fingerprint density at radius 3 is 2.61 bits per heavy atom. The molecule has 0 aliphatic rings. The zero-order valence-electron chi connectivity index (χ0n) is 9.84. The van der Waals surface area contributed by atoms with Gasteiger partial charge < -0.3 is 9.88 Å². The van der Waals surface area contributed by atoms with Crippen LogP contribution in [0.2, 0.25) is 0 Å². The average molecular weight is 239 g/mol. The number of anilines is 1. The molecule has 0 bridgehead atoms. The fourth-order valence-electron chi connectivity index (χ4n) is 1.63. The van der Waals surface area contributed by atoms with Crippen molar-refractivity contribution in [2.75, 3.05) is 11.9 Å². The summed E-state index contributed by atoms with van der Waals surface area (Å²) in [6, 6.07) is 14.4. The number of nitriles is 1. The molecule has 0 atom stereocenters. The topological polar surface area (TPSA) is 57.8 Å². The van der Waals surface area contributed by atoms with Crippen molar-refractivity contribution >= 4 is 5.69 Å². The van der Waals surface area contributed by atoms with Gasteiger partial charge in [-0.25, -0.2) is 0 Å². The van der Waals surface area contributed by atoms with E-state index in [2.05, 4.69) is 11.4 Å². The maximum absolute atomic E-state index is 11.4. The van der Waals surface area contributed by atoms with Gasteiger partial charge in [0.1, 0.15) is 0 Å². The van der Waals surface area contributed by atoms with Crippen LogP contribution in [-0.2, 0) is 6.54 Å². The molecule has 0 saturated heterocycles. The summed E-state index contributed by atoms with van der Waals surface area (Å²) in [6.07, 6.45) is 1.77. The summed E-state index contributed by atoms with van der Waals surface area (Å²) >= 11 is 0. The SMILES string of the molecule is N#Cc1ccc(NCCn2ccccc2=O)cc1. The van der Waals surface area contributed by atoms with Crippen molar-refractivity contribution in [3.63, 3.8) is 0 Å². The van der Waals surface area contributed by atoms with Crippen molar-refractivity contribution < 1.29 is 0 Å². The number of aromatic nitrogens is 1. The van der Waals surface area contributed by atoms with Gasteiger partial charge in [-0.3, -0.25) is 4.79 Å². The molecule has 1 N–H and O–H groups in total. The minimum Gasteiger partial charge on any atom is -0.383 e. The molecule has 1 aromatic heterocycles. The van der Waals surface area contributed by atoms with E-state index < -0.39 is 0 Å². The predicted molar refractivity (Wildman–Crippen MR) is 70.3 cm³/mol. The molecule has 0 spiro atoms. The van der Waals surface area contributed by atoms with Crippen molar-refractivity contribution in [3.05, 3.63) is 64.6 Å². The van der Waals surface area contributed by atoms with Crippen LogP contribution in [-0.4, -0.2) is 11.1 Å². The number of hydrogen-bond acceptors (Lipinski definition) is 3. The Bertz CT molecular complexity index is 608. The van der Waals surface area contributed by atoms with E-state index in [9.17, 15) is 4.79 Å². The Kier molecular flexibility index (Phi) is 3.77. The lowest BCUT2D eigenvalue weighted by Gasteiger charge is -2.08. The number of benzene rings is 1. The highest BCUT2D eigenvalue weighted by Crippen LogP contribution is 2.08. The first-order chi connectivity index (χ1) is 8.79. The molecular formula is C14H13N3O. The van der Waals surface area contributed by atoms with Gasteiger partial charge in [-0.2, -0.15) is 5.26 Å². The third kappa shape index (κ3) is 2.98. The summed E-state index contributed by atoms with van der Waals surface area (Å²) in [5.41, 5.74) is 1.58. The summed E-state index contributed by atoms with van der Waals surface area (Å²) in [4.78, 5) is 11.4. The first-order valence-corrected chi connectivity index (χ1v) is 5.69. The third-order valence-corrected chi connectivity index (χ3v) is 2.59. The quantitative estimate of drug-likeness (QED) is 0.885. The molecule has 0 saturated carbocycles. The van der Waals surface area contributed by atoms with E-state index in [1.165, 1.54) is 0 Å². The van der Waals surface area contributed by atoms with E-state index in [4.69, 9.17) is 5.26 Å². The lowest BCUT2D eigenvalue weighted by molar-refractivity contribution is 0.697. The van der Waals surface area contributed by atoms with Crippen molar-refractivity contribution in [1.82, 2.24) is 4.57 Å². The maximum atomic E-state index is 11.4. The van der Waals surface area contributed by atoms with Gasteiger partial charge in [0.05, 0.1) is 11.6 Å². The highest BCUT2D eigenvalue weighted by molar-refractivity contribution is 5.46. The molecule has 0 aliphatic carbocycles. The second-order valence-corrected chi connectivity index (χ2v) is 3.85. The van der Waals surface area contributed by atoms with E-state index in [0.29, 0.717) is 18.7 Å². The van der Waals surface area contributed by atoms with Crippen LogP contribution >= 0.6 is 0 Å². The minimum absolute atomic E-state index is 0.000807. The number of nitrogens with one attached hydrogen (secondary N) is 1. The molecule has 0 fully saturated rings. The second kappa shape index (κ2) is 5.69. The number of pyridine rings is 1. The number of rotatable bonds is 4. The van der Waals surface area contributed by atoms with Crippen LogP contribution in [0.3, 0.4) is 0 Å². The molecule has 1 heterocycles. The van der Waals surface area contributed by atoms with E-state index in [-0.39, 0.29) is 5.56 Å². The zero-order chi connectivity index (χ0) is 12.8. The first-order valence-electron chi connectivity index (χ1n) is 5.69. The molecule has 0 aliphatic heterocycles. The van der Waals surface area contributed by atoms with E-state index >= 15 is 0 Å². The lowest BCUT2D eigenvalue weighted by Crippen LogP contribution is -2.21. The average Bonchev–Trinajstić information content (AvgIpc) is 2.42. The Morgan fingerprint density at radius 1 is 1.17 bits per heavy atom. The minimum atomic E-state index is -0.000807. The van der Waals surface area contributed by atoms with Crippen LogP contribution in [0.4, 0.5) is 5.69 Å². The molecule has 1 aromatic carbocycles.